The molecule has 4 heteroatoms. The summed E-state index contributed by atoms with van der Waals surface area (Å²) in [5.41, 5.74) is 2.77. The molecule has 23 heavy (non-hydrogen) atoms. The molecule has 0 aliphatic heterocycles. The molecule has 1 aromatic carbocycles. The molecule has 124 valence electrons. The molecule has 0 aliphatic carbocycles. The molecule has 0 saturated carbocycles. The Labute approximate surface area is 143 Å². The van der Waals surface area contributed by atoms with Crippen molar-refractivity contribution in [1.82, 2.24) is 10.3 Å². The Kier molecular flexibility index (Phi) is 6.78. The highest BCUT2D eigenvalue weighted by Crippen LogP contribution is 2.22. The average Bonchev–Trinajstić information content (AvgIpc) is 3.04. The number of benzene rings is 1. The van der Waals surface area contributed by atoms with E-state index < -0.39 is 0 Å². The van der Waals surface area contributed by atoms with Crippen molar-refractivity contribution < 1.29 is 4.79 Å². The predicted octanol–water partition coefficient (Wildman–Crippen LogP) is 4.93. The van der Waals surface area contributed by atoms with Gasteiger partial charge in [-0.15, -0.1) is 11.3 Å². The minimum absolute atomic E-state index is 0.00720. The van der Waals surface area contributed by atoms with Crippen molar-refractivity contribution >= 4 is 17.2 Å². The normalized spacial score (nSPS) is 12.1. The minimum atomic E-state index is 0.00720. The summed E-state index contributed by atoms with van der Waals surface area (Å²) in [5, 5.41) is 6.22. The van der Waals surface area contributed by atoms with E-state index in [2.05, 4.69) is 36.5 Å². The highest BCUT2D eigenvalue weighted by atomic mass is 32.1. The van der Waals surface area contributed by atoms with Gasteiger partial charge >= 0.3 is 0 Å². The Hall–Kier alpha value is -1.68. The maximum Gasteiger partial charge on any atom is 0.251 e. The van der Waals surface area contributed by atoms with Gasteiger partial charge in [-0.3, -0.25) is 4.79 Å². The second kappa shape index (κ2) is 8.82. The summed E-state index contributed by atoms with van der Waals surface area (Å²) >= 11 is 1.68. The Morgan fingerprint density at radius 2 is 1.96 bits per heavy atom. The number of aromatic nitrogens is 1. The molecular weight excluding hydrogens is 304 g/mol. The molecule has 1 heterocycles. The van der Waals surface area contributed by atoms with Gasteiger partial charge in [0.2, 0.25) is 0 Å². The van der Waals surface area contributed by atoms with Crippen LogP contribution in [0.2, 0.25) is 0 Å². The quantitative estimate of drug-likeness (QED) is 0.746. The lowest BCUT2D eigenvalue weighted by molar-refractivity contribution is 0.0951. The molecule has 1 amide bonds. The molecule has 0 radical (unpaired) electrons. The fraction of sp³-hybridized carbons (Fsp3) is 0.474. The van der Waals surface area contributed by atoms with Crippen LogP contribution < -0.4 is 5.32 Å². The molecule has 0 bridgehead atoms. The molecule has 1 unspecified atom stereocenters. The third kappa shape index (κ3) is 5.17. The topological polar surface area (TPSA) is 42.0 Å². The molecule has 2 aromatic rings. The van der Waals surface area contributed by atoms with E-state index in [4.69, 9.17) is 0 Å². The van der Waals surface area contributed by atoms with Gasteiger partial charge in [0.05, 0.1) is 10.7 Å². The van der Waals surface area contributed by atoms with Gasteiger partial charge < -0.3 is 5.32 Å². The van der Waals surface area contributed by atoms with Crippen LogP contribution in [-0.2, 0) is 6.42 Å². The zero-order chi connectivity index (χ0) is 16.7. The number of carbonyl (C=O) groups excluding carboxylic acids is 1. The second-order valence-corrected chi connectivity index (χ2v) is 6.94. The van der Waals surface area contributed by atoms with Crippen molar-refractivity contribution in [1.29, 1.82) is 0 Å². The smallest absolute Gasteiger partial charge is 0.251 e. The van der Waals surface area contributed by atoms with Crippen LogP contribution in [0, 0.1) is 5.92 Å². The van der Waals surface area contributed by atoms with Crippen LogP contribution in [-0.4, -0.2) is 17.4 Å². The molecular formula is C19H26N2OS. The molecule has 0 spiro atoms. The number of amides is 1. The Balaban J connectivity index is 1.89. The van der Waals surface area contributed by atoms with Crippen LogP contribution in [0.3, 0.4) is 0 Å². The largest absolute Gasteiger partial charge is 0.352 e. The summed E-state index contributed by atoms with van der Waals surface area (Å²) in [7, 11) is 0. The third-order valence-electron chi connectivity index (χ3n) is 4.00. The van der Waals surface area contributed by atoms with Crippen molar-refractivity contribution in [3.8, 4) is 11.3 Å². The van der Waals surface area contributed by atoms with E-state index in [-0.39, 0.29) is 5.91 Å². The van der Waals surface area contributed by atoms with Crippen molar-refractivity contribution in [3.05, 3.63) is 40.2 Å². The highest BCUT2D eigenvalue weighted by molar-refractivity contribution is 7.09. The van der Waals surface area contributed by atoms with Crippen molar-refractivity contribution in [2.24, 2.45) is 5.92 Å². The minimum Gasteiger partial charge on any atom is -0.352 e. The SMILES string of the molecule is CCCC(C)CCNC(=O)c1ccc(-c2csc(CC)n2)cc1. The van der Waals surface area contributed by atoms with Gasteiger partial charge in [0.1, 0.15) is 0 Å². The van der Waals surface area contributed by atoms with E-state index in [9.17, 15) is 4.79 Å². The fourth-order valence-electron chi connectivity index (χ4n) is 2.57. The lowest BCUT2D eigenvalue weighted by atomic mass is 10.0. The molecule has 1 N–H and O–H groups in total. The zero-order valence-corrected chi connectivity index (χ0v) is 15.1. The van der Waals surface area contributed by atoms with E-state index in [1.165, 1.54) is 12.8 Å². The number of nitrogens with one attached hydrogen (secondary N) is 1. The Morgan fingerprint density at radius 3 is 2.57 bits per heavy atom. The number of hydrogen-bond donors (Lipinski definition) is 1. The van der Waals surface area contributed by atoms with Gasteiger partial charge in [-0.25, -0.2) is 4.98 Å². The summed E-state index contributed by atoms with van der Waals surface area (Å²) < 4.78 is 0. The molecule has 0 fully saturated rings. The van der Waals surface area contributed by atoms with Crippen LogP contribution in [0.1, 0.15) is 55.4 Å². The maximum atomic E-state index is 12.2. The van der Waals surface area contributed by atoms with Gasteiger partial charge in [0.15, 0.2) is 0 Å². The first-order chi connectivity index (χ1) is 11.1. The van der Waals surface area contributed by atoms with Crippen LogP contribution in [0.15, 0.2) is 29.6 Å². The van der Waals surface area contributed by atoms with Crippen molar-refractivity contribution in [2.45, 2.75) is 46.5 Å². The number of nitrogens with zero attached hydrogens (tertiary/aromatic N) is 1. The lowest BCUT2D eigenvalue weighted by Crippen LogP contribution is -2.25. The first-order valence-corrected chi connectivity index (χ1v) is 9.35. The maximum absolute atomic E-state index is 12.2. The van der Waals surface area contributed by atoms with Crippen LogP contribution >= 0.6 is 11.3 Å². The fourth-order valence-corrected chi connectivity index (χ4v) is 3.32. The molecule has 0 aliphatic rings. The van der Waals surface area contributed by atoms with E-state index in [1.54, 1.807) is 11.3 Å². The Bertz CT molecular complexity index is 619. The number of aryl methyl sites for hydroxylation is 1. The van der Waals surface area contributed by atoms with Gasteiger partial charge in [0, 0.05) is 23.1 Å². The van der Waals surface area contributed by atoms with Crippen LogP contribution in [0.4, 0.5) is 0 Å². The summed E-state index contributed by atoms with van der Waals surface area (Å²) in [4.78, 5) is 16.7. The molecule has 1 aromatic heterocycles. The summed E-state index contributed by atoms with van der Waals surface area (Å²) in [5.74, 6) is 0.674. The van der Waals surface area contributed by atoms with Gasteiger partial charge in [-0.05, 0) is 30.9 Å². The summed E-state index contributed by atoms with van der Waals surface area (Å²) in [6, 6.07) is 7.71. The van der Waals surface area contributed by atoms with Gasteiger partial charge in [0.25, 0.3) is 5.91 Å². The van der Waals surface area contributed by atoms with Crippen LogP contribution in [0.25, 0.3) is 11.3 Å². The predicted molar refractivity (Wildman–Crippen MR) is 98.0 cm³/mol. The van der Waals surface area contributed by atoms with Gasteiger partial charge in [-0.1, -0.05) is 45.7 Å². The first-order valence-electron chi connectivity index (χ1n) is 8.47. The van der Waals surface area contributed by atoms with Crippen molar-refractivity contribution in [3.63, 3.8) is 0 Å². The Morgan fingerprint density at radius 1 is 1.22 bits per heavy atom. The molecule has 3 nitrogen and oxygen atoms in total. The second-order valence-electron chi connectivity index (χ2n) is 6.00. The number of thiazole rings is 1. The number of hydrogen-bond acceptors (Lipinski definition) is 3. The molecule has 1 atom stereocenters. The average molecular weight is 330 g/mol. The van der Waals surface area contributed by atoms with Gasteiger partial charge in [-0.2, -0.15) is 0 Å². The third-order valence-corrected chi connectivity index (χ3v) is 4.99. The standard InChI is InChI=1S/C19H26N2OS/c1-4-6-14(3)11-12-20-19(22)16-9-7-15(8-10-16)17-13-23-18(5-2)21-17/h7-10,13-14H,4-6,11-12H2,1-3H3,(H,20,22). The number of rotatable bonds is 8. The van der Waals surface area contributed by atoms with E-state index >= 15 is 0 Å². The van der Waals surface area contributed by atoms with Crippen molar-refractivity contribution in [2.75, 3.05) is 6.54 Å². The highest BCUT2D eigenvalue weighted by Gasteiger charge is 2.08. The summed E-state index contributed by atoms with van der Waals surface area (Å²) in [6.07, 6.45) is 4.42. The lowest BCUT2D eigenvalue weighted by Gasteiger charge is -2.10. The monoisotopic (exact) mass is 330 g/mol. The molecule has 2 rings (SSSR count). The van der Waals surface area contributed by atoms with E-state index in [0.29, 0.717) is 11.5 Å². The van der Waals surface area contributed by atoms with Crippen LogP contribution in [0.5, 0.6) is 0 Å². The molecule has 0 saturated heterocycles. The first kappa shape index (κ1) is 17.7. The number of carbonyl (C=O) groups is 1. The van der Waals surface area contributed by atoms with E-state index in [0.717, 1.165) is 35.7 Å². The van der Waals surface area contributed by atoms with E-state index in [1.807, 2.05) is 24.3 Å². The zero-order valence-electron chi connectivity index (χ0n) is 14.3. The summed E-state index contributed by atoms with van der Waals surface area (Å²) in [6.45, 7) is 7.29.